The first-order valence-corrected chi connectivity index (χ1v) is 11.5. The van der Waals surface area contributed by atoms with Gasteiger partial charge in [-0.1, -0.05) is 37.9 Å². The van der Waals surface area contributed by atoms with Crippen molar-refractivity contribution in [3.63, 3.8) is 0 Å². The van der Waals surface area contributed by atoms with Crippen molar-refractivity contribution in [2.24, 2.45) is 0 Å². The van der Waals surface area contributed by atoms with Crippen LogP contribution in [0.2, 0.25) is 0 Å². The highest BCUT2D eigenvalue weighted by Gasteiger charge is 2.39. The Morgan fingerprint density at radius 1 is 1.10 bits per heavy atom. The van der Waals surface area contributed by atoms with E-state index in [9.17, 15) is 9.90 Å². The lowest BCUT2D eigenvalue weighted by Crippen LogP contribution is -2.50. The molecule has 0 radical (unpaired) electrons. The molecule has 1 amide bonds. The van der Waals surface area contributed by atoms with Crippen LogP contribution in [0.15, 0.2) is 45.3 Å². The predicted molar refractivity (Wildman–Crippen MR) is 121 cm³/mol. The van der Waals surface area contributed by atoms with E-state index in [1.54, 1.807) is 7.11 Å². The van der Waals surface area contributed by atoms with Gasteiger partial charge in [-0.3, -0.25) is 4.90 Å². The number of piperazine rings is 1. The maximum Gasteiger partial charge on any atom is 0.407 e. The monoisotopic (exact) mass is 538 g/mol. The molecular formula is C22H24Br2N2O4. The molecule has 2 atom stereocenters. The van der Waals surface area contributed by atoms with Crippen molar-refractivity contribution >= 4 is 38.0 Å². The summed E-state index contributed by atoms with van der Waals surface area (Å²) in [4.78, 5) is 15.1. The van der Waals surface area contributed by atoms with Gasteiger partial charge in [-0.25, -0.2) is 4.79 Å². The van der Waals surface area contributed by atoms with Gasteiger partial charge in [0.15, 0.2) is 0 Å². The van der Waals surface area contributed by atoms with E-state index < -0.39 is 6.09 Å². The largest absolute Gasteiger partial charge is 0.497 e. The van der Waals surface area contributed by atoms with Crippen LogP contribution in [-0.2, 0) is 17.8 Å². The lowest BCUT2D eigenvalue weighted by atomic mass is 10.0. The summed E-state index contributed by atoms with van der Waals surface area (Å²) in [5, 5.41) is 9.27. The number of hydrogen-bond acceptors (Lipinski definition) is 4. The summed E-state index contributed by atoms with van der Waals surface area (Å²) >= 11 is 7.07. The lowest BCUT2D eigenvalue weighted by molar-refractivity contribution is -0.0270. The second kappa shape index (κ2) is 9.26. The fourth-order valence-corrected chi connectivity index (χ4v) is 5.76. The zero-order chi connectivity index (χ0) is 21.3. The Morgan fingerprint density at radius 3 is 2.43 bits per heavy atom. The van der Waals surface area contributed by atoms with Crippen LogP contribution >= 0.6 is 31.9 Å². The fourth-order valence-electron chi connectivity index (χ4n) is 4.37. The van der Waals surface area contributed by atoms with Crippen molar-refractivity contribution < 1.29 is 19.4 Å². The number of methoxy groups -OCH3 is 1. The number of nitrogens with zero attached hydrogens (tertiary/aromatic N) is 2. The van der Waals surface area contributed by atoms with Crippen molar-refractivity contribution in [1.82, 2.24) is 9.80 Å². The van der Waals surface area contributed by atoms with Gasteiger partial charge in [0.1, 0.15) is 5.75 Å². The van der Waals surface area contributed by atoms with Crippen molar-refractivity contribution in [3.05, 3.63) is 62.0 Å². The Labute approximate surface area is 193 Å². The summed E-state index contributed by atoms with van der Waals surface area (Å²) < 4.78 is 13.9. The molecule has 6 nitrogen and oxygen atoms in total. The van der Waals surface area contributed by atoms with Crippen LogP contribution in [0, 0.1) is 0 Å². The molecule has 2 unspecified atom stereocenters. The number of fused-ring (bicyclic) bond motifs is 1. The molecule has 0 saturated carbocycles. The third-order valence-electron chi connectivity index (χ3n) is 5.81. The molecule has 1 heterocycles. The zero-order valence-corrected chi connectivity index (χ0v) is 19.9. The first-order valence-electron chi connectivity index (χ1n) is 9.90. The van der Waals surface area contributed by atoms with Crippen molar-refractivity contribution in [1.29, 1.82) is 0 Å². The summed E-state index contributed by atoms with van der Waals surface area (Å²) in [5.74, 6) is 0.847. The number of hydrogen-bond donors (Lipinski definition) is 1. The summed E-state index contributed by atoms with van der Waals surface area (Å²) in [6.07, 6.45) is -0.0357. The Bertz CT molecular complexity index is 911. The number of rotatable bonds is 5. The van der Waals surface area contributed by atoms with E-state index in [0.717, 1.165) is 26.7 Å². The third-order valence-corrected chi connectivity index (χ3v) is 6.72. The van der Waals surface area contributed by atoms with Gasteiger partial charge in [0.05, 0.1) is 25.9 Å². The molecule has 0 aromatic heterocycles. The first kappa shape index (κ1) is 21.6. The molecule has 1 aliphatic carbocycles. The van der Waals surface area contributed by atoms with Crippen LogP contribution in [0.3, 0.4) is 0 Å². The summed E-state index contributed by atoms with van der Waals surface area (Å²) in [6, 6.07) is 12.5. The van der Waals surface area contributed by atoms with Crippen LogP contribution in [0.4, 0.5) is 4.79 Å². The molecule has 1 fully saturated rings. The smallest absolute Gasteiger partial charge is 0.407 e. The fraction of sp³-hybridized carbons (Fsp3) is 0.409. The van der Waals surface area contributed by atoms with E-state index in [2.05, 4.69) is 61.0 Å². The van der Waals surface area contributed by atoms with Gasteiger partial charge in [0.2, 0.25) is 0 Å². The summed E-state index contributed by atoms with van der Waals surface area (Å²) in [7, 11) is 1.68. The minimum atomic E-state index is -0.848. The molecule has 160 valence electrons. The molecule has 2 aromatic rings. The number of halogens is 2. The van der Waals surface area contributed by atoms with Gasteiger partial charge in [-0.05, 0) is 47.0 Å². The average molecular weight is 540 g/mol. The van der Waals surface area contributed by atoms with Crippen LogP contribution in [0.25, 0.3) is 0 Å². The second-order valence-electron chi connectivity index (χ2n) is 7.65. The molecule has 4 rings (SSSR count). The Morgan fingerprint density at radius 2 is 1.80 bits per heavy atom. The van der Waals surface area contributed by atoms with Gasteiger partial charge in [-0.2, -0.15) is 0 Å². The van der Waals surface area contributed by atoms with E-state index in [1.807, 2.05) is 12.1 Å². The molecule has 1 N–H and O–H groups in total. The van der Waals surface area contributed by atoms with Gasteiger partial charge in [0.25, 0.3) is 0 Å². The topological polar surface area (TPSA) is 62.2 Å². The standard InChI is InChI=1S/C22H24Br2N2O4/c1-29-18-2-3-19-15(10-18)11-20(30-13-14-8-16(23)12-17(24)9-14)21(19)25-4-6-26(7-5-25)22(27)28/h2-3,8-10,12,20-21H,4-7,11,13H2,1H3,(H,27,28). The quantitative estimate of drug-likeness (QED) is 0.596. The number of carbonyl (C=O) groups is 1. The number of carboxylic acid groups (broad SMARTS) is 1. The van der Waals surface area contributed by atoms with Crippen LogP contribution in [0.5, 0.6) is 5.75 Å². The molecule has 0 spiro atoms. The minimum absolute atomic E-state index is 0.00115. The molecule has 8 heteroatoms. The van der Waals surface area contributed by atoms with E-state index >= 15 is 0 Å². The minimum Gasteiger partial charge on any atom is -0.497 e. The van der Waals surface area contributed by atoms with E-state index in [1.165, 1.54) is 16.0 Å². The number of amides is 1. The van der Waals surface area contributed by atoms with Crippen molar-refractivity contribution in [2.45, 2.75) is 25.2 Å². The molecule has 2 aliphatic rings. The zero-order valence-electron chi connectivity index (χ0n) is 16.7. The molecular weight excluding hydrogens is 516 g/mol. The Kier molecular flexibility index (Phi) is 6.67. The maximum atomic E-state index is 11.3. The highest BCUT2D eigenvalue weighted by Crippen LogP contribution is 2.40. The third kappa shape index (κ3) is 4.66. The molecule has 30 heavy (non-hydrogen) atoms. The molecule has 1 saturated heterocycles. The van der Waals surface area contributed by atoms with E-state index in [-0.39, 0.29) is 12.1 Å². The van der Waals surface area contributed by atoms with E-state index in [4.69, 9.17) is 9.47 Å². The van der Waals surface area contributed by atoms with Crippen LogP contribution < -0.4 is 4.74 Å². The molecule has 1 aliphatic heterocycles. The molecule has 0 bridgehead atoms. The average Bonchev–Trinajstić information content (AvgIpc) is 3.09. The number of benzene rings is 2. The Hall–Kier alpha value is -1.61. The van der Waals surface area contributed by atoms with Crippen LogP contribution in [0.1, 0.15) is 22.7 Å². The van der Waals surface area contributed by atoms with Gasteiger partial charge >= 0.3 is 6.09 Å². The van der Waals surface area contributed by atoms with Gasteiger partial charge in [0, 0.05) is 41.5 Å². The maximum absolute atomic E-state index is 11.3. The SMILES string of the molecule is COc1ccc2c(c1)CC(OCc1cc(Br)cc(Br)c1)C2N1CCN(C(=O)O)CC1. The van der Waals surface area contributed by atoms with Crippen molar-refractivity contribution in [2.75, 3.05) is 33.3 Å². The van der Waals surface area contributed by atoms with Gasteiger partial charge < -0.3 is 19.5 Å². The lowest BCUT2D eigenvalue weighted by Gasteiger charge is -2.39. The van der Waals surface area contributed by atoms with Crippen molar-refractivity contribution in [3.8, 4) is 5.75 Å². The first-order chi connectivity index (χ1) is 14.4. The van der Waals surface area contributed by atoms with E-state index in [0.29, 0.717) is 32.8 Å². The second-order valence-corrected chi connectivity index (χ2v) is 9.48. The summed E-state index contributed by atoms with van der Waals surface area (Å²) in [6.45, 7) is 2.94. The number of ether oxygens (including phenoxy) is 2. The highest BCUT2D eigenvalue weighted by atomic mass is 79.9. The predicted octanol–water partition coefficient (Wildman–Crippen LogP) is 4.70. The van der Waals surface area contributed by atoms with Gasteiger partial charge in [-0.15, -0.1) is 0 Å². The summed E-state index contributed by atoms with van der Waals surface area (Å²) in [5.41, 5.74) is 3.58. The molecule has 2 aromatic carbocycles. The highest BCUT2D eigenvalue weighted by molar-refractivity contribution is 9.11. The normalized spacial score (nSPS) is 21.5. The Balaban J connectivity index is 1.54. The van der Waals surface area contributed by atoms with Crippen LogP contribution in [-0.4, -0.2) is 60.4 Å².